The molecule has 0 unspecified atom stereocenters. The van der Waals surface area contributed by atoms with Crippen LogP contribution in [0, 0.1) is 0 Å². The summed E-state index contributed by atoms with van der Waals surface area (Å²) in [5.41, 5.74) is 1.86. The predicted octanol–water partition coefficient (Wildman–Crippen LogP) is 2.29. The lowest BCUT2D eigenvalue weighted by Crippen LogP contribution is -2.18. The summed E-state index contributed by atoms with van der Waals surface area (Å²) in [6, 6.07) is 5.76. The predicted molar refractivity (Wildman–Crippen MR) is 61.1 cm³/mol. The Kier molecular flexibility index (Phi) is 4.01. The van der Waals surface area contributed by atoms with Crippen LogP contribution in [0.25, 0.3) is 0 Å². The average Bonchev–Trinajstić information content (AvgIpc) is 2.17. The van der Waals surface area contributed by atoms with Crippen molar-refractivity contribution >= 4 is 18.5 Å². The van der Waals surface area contributed by atoms with Crippen molar-refractivity contribution in [2.24, 2.45) is 0 Å². The normalized spacial score (nSPS) is 9.93. The molecule has 0 fully saturated rings. The highest BCUT2D eigenvalue weighted by Gasteiger charge is 2.07. The average molecular weight is 209 g/mol. The number of hydrogen-bond donors (Lipinski definition) is 2. The second-order valence-electron chi connectivity index (χ2n) is 3.18. The zero-order valence-electron chi connectivity index (χ0n) is 8.50. The number of nitrogens with one attached hydrogen (secondary N) is 1. The molecule has 1 aromatic carbocycles. The lowest BCUT2D eigenvalue weighted by atomic mass is 10.1. The van der Waals surface area contributed by atoms with E-state index in [4.69, 9.17) is 0 Å². The van der Waals surface area contributed by atoms with Gasteiger partial charge >= 0.3 is 0 Å². The highest BCUT2D eigenvalue weighted by atomic mass is 32.1. The van der Waals surface area contributed by atoms with E-state index in [9.17, 15) is 4.79 Å². The summed E-state index contributed by atoms with van der Waals surface area (Å²) in [5, 5.41) is 2.59. The molecule has 3 heteroatoms. The maximum Gasteiger partial charge on any atom is 0.252 e. The van der Waals surface area contributed by atoms with Crippen LogP contribution in [0.15, 0.2) is 23.1 Å². The number of carbonyl (C=O) groups is 1. The Labute approximate surface area is 90.1 Å². The van der Waals surface area contributed by atoms with Crippen molar-refractivity contribution in [1.82, 2.24) is 5.32 Å². The van der Waals surface area contributed by atoms with Gasteiger partial charge in [0.15, 0.2) is 0 Å². The summed E-state index contributed by atoms with van der Waals surface area (Å²) in [6.45, 7) is 2.13. The molecule has 1 aromatic rings. The van der Waals surface area contributed by atoms with Gasteiger partial charge in [0.1, 0.15) is 0 Å². The van der Waals surface area contributed by atoms with Crippen LogP contribution < -0.4 is 5.32 Å². The van der Waals surface area contributed by atoms with Crippen LogP contribution in [0.4, 0.5) is 0 Å². The molecule has 0 aliphatic carbocycles. The molecular formula is C11H15NOS. The van der Waals surface area contributed by atoms with E-state index in [1.165, 1.54) is 5.56 Å². The van der Waals surface area contributed by atoms with E-state index in [0.717, 1.165) is 17.7 Å². The number of hydrogen-bond acceptors (Lipinski definition) is 2. The molecule has 1 rings (SSSR count). The number of aryl methyl sites for hydroxylation is 1. The van der Waals surface area contributed by atoms with Crippen LogP contribution in [0.1, 0.15) is 29.3 Å². The third kappa shape index (κ3) is 2.51. The van der Waals surface area contributed by atoms with Gasteiger partial charge in [0.2, 0.25) is 0 Å². The maximum absolute atomic E-state index is 11.3. The van der Waals surface area contributed by atoms with Crippen LogP contribution in [0.2, 0.25) is 0 Å². The van der Waals surface area contributed by atoms with Gasteiger partial charge in [0, 0.05) is 11.9 Å². The minimum absolute atomic E-state index is 0.0851. The molecule has 1 N–H and O–H groups in total. The zero-order chi connectivity index (χ0) is 10.6. The number of benzene rings is 1. The second-order valence-corrected chi connectivity index (χ2v) is 3.66. The molecule has 0 spiro atoms. The van der Waals surface area contributed by atoms with Gasteiger partial charge in [-0.2, -0.15) is 0 Å². The van der Waals surface area contributed by atoms with Crippen molar-refractivity contribution in [2.75, 3.05) is 7.05 Å². The van der Waals surface area contributed by atoms with Crippen molar-refractivity contribution < 1.29 is 4.79 Å². The number of rotatable bonds is 3. The first-order valence-electron chi connectivity index (χ1n) is 4.73. The van der Waals surface area contributed by atoms with Crippen molar-refractivity contribution in [3.8, 4) is 0 Å². The Morgan fingerprint density at radius 2 is 2.21 bits per heavy atom. The van der Waals surface area contributed by atoms with Gasteiger partial charge in [-0.15, -0.1) is 12.6 Å². The first-order chi connectivity index (χ1) is 6.69. The van der Waals surface area contributed by atoms with Crippen LogP contribution in [-0.4, -0.2) is 13.0 Å². The topological polar surface area (TPSA) is 29.1 Å². The van der Waals surface area contributed by atoms with Gasteiger partial charge in [-0.25, -0.2) is 0 Å². The maximum atomic E-state index is 11.3. The molecule has 0 bridgehead atoms. The summed E-state index contributed by atoms with van der Waals surface area (Å²) in [6.07, 6.45) is 2.13. The van der Waals surface area contributed by atoms with Gasteiger partial charge in [-0.3, -0.25) is 4.79 Å². The quantitative estimate of drug-likeness (QED) is 0.735. The summed E-state index contributed by atoms with van der Waals surface area (Å²) >= 11 is 4.29. The minimum atomic E-state index is -0.0851. The summed E-state index contributed by atoms with van der Waals surface area (Å²) in [4.78, 5) is 12.1. The molecule has 0 aromatic heterocycles. The Morgan fingerprint density at radius 3 is 2.71 bits per heavy atom. The summed E-state index contributed by atoms with van der Waals surface area (Å²) < 4.78 is 0. The van der Waals surface area contributed by atoms with Crippen molar-refractivity contribution in [3.05, 3.63) is 29.3 Å². The third-order valence-electron chi connectivity index (χ3n) is 2.07. The van der Waals surface area contributed by atoms with E-state index < -0.39 is 0 Å². The Balaban J connectivity index is 2.95. The minimum Gasteiger partial charge on any atom is -0.355 e. The highest BCUT2D eigenvalue weighted by molar-refractivity contribution is 7.80. The van der Waals surface area contributed by atoms with E-state index in [1.807, 2.05) is 18.2 Å². The van der Waals surface area contributed by atoms with Crippen molar-refractivity contribution in [3.63, 3.8) is 0 Å². The van der Waals surface area contributed by atoms with Crippen LogP contribution in [0.5, 0.6) is 0 Å². The molecule has 0 radical (unpaired) electrons. The molecular weight excluding hydrogens is 194 g/mol. The number of amides is 1. The van der Waals surface area contributed by atoms with E-state index in [0.29, 0.717) is 5.56 Å². The first-order valence-corrected chi connectivity index (χ1v) is 5.17. The summed E-state index contributed by atoms with van der Waals surface area (Å²) in [7, 11) is 1.62. The Morgan fingerprint density at radius 1 is 1.50 bits per heavy atom. The molecule has 0 saturated heterocycles. The highest BCUT2D eigenvalue weighted by Crippen LogP contribution is 2.16. The van der Waals surface area contributed by atoms with Crippen LogP contribution in [-0.2, 0) is 6.42 Å². The Hall–Kier alpha value is -0.960. The van der Waals surface area contributed by atoms with E-state index in [-0.39, 0.29) is 5.91 Å². The van der Waals surface area contributed by atoms with E-state index in [1.54, 1.807) is 7.05 Å². The Bertz CT molecular complexity index is 336. The molecule has 1 amide bonds. The van der Waals surface area contributed by atoms with Crippen molar-refractivity contribution in [2.45, 2.75) is 24.7 Å². The summed E-state index contributed by atoms with van der Waals surface area (Å²) in [5.74, 6) is -0.0851. The van der Waals surface area contributed by atoms with E-state index in [2.05, 4.69) is 24.9 Å². The second kappa shape index (κ2) is 5.05. The fourth-order valence-corrected chi connectivity index (χ4v) is 1.69. The lowest BCUT2D eigenvalue weighted by molar-refractivity contribution is 0.0960. The van der Waals surface area contributed by atoms with Gasteiger partial charge in [0.25, 0.3) is 5.91 Å². The molecule has 76 valence electrons. The van der Waals surface area contributed by atoms with Gasteiger partial charge in [0.05, 0.1) is 5.56 Å². The van der Waals surface area contributed by atoms with Crippen LogP contribution >= 0.6 is 12.6 Å². The standard InChI is InChI=1S/C11H15NOS/c1-3-4-8-5-6-9(10(14)7-8)11(13)12-2/h5-7,14H,3-4H2,1-2H3,(H,12,13). The zero-order valence-corrected chi connectivity index (χ0v) is 9.40. The van der Waals surface area contributed by atoms with E-state index >= 15 is 0 Å². The van der Waals surface area contributed by atoms with Gasteiger partial charge in [-0.05, 0) is 24.1 Å². The largest absolute Gasteiger partial charge is 0.355 e. The molecule has 0 heterocycles. The fourth-order valence-electron chi connectivity index (χ4n) is 1.35. The fraction of sp³-hybridized carbons (Fsp3) is 0.364. The van der Waals surface area contributed by atoms with Gasteiger partial charge in [-0.1, -0.05) is 19.4 Å². The number of thiol groups is 1. The molecule has 0 aliphatic rings. The van der Waals surface area contributed by atoms with Crippen LogP contribution in [0.3, 0.4) is 0 Å². The first kappa shape index (κ1) is 11.1. The smallest absolute Gasteiger partial charge is 0.252 e. The molecule has 14 heavy (non-hydrogen) atoms. The molecule has 0 aliphatic heterocycles. The number of carbonyl (C=O) groups excluding carboxylic acids is 1. The molecule has 0 saturated carbocycles. The monoisotopic (exact) mass is 209 g/mol. The SMILES string of the molecule is CCCc1ccc(C(=O)NC)c(S)c1. The molecule has 2 nitrogen and oxygen atoms in total. The lowest BCUT2D eigenvalue weighted by Gasteiger charge is -2.05. The van der Waals surface area contributed by atoms with Crippen molar-refractivity contribution in [1.29, 1.82) is 0 Å². The third-order valence-corrected chi connectivity index (χ3v) is 2.44. The van der Waals surface area contributed by atoms with Gasteiger partial charge < -0.3 is 5.32 Å². The molecule has 0 atom stereocenters.